The Hall–Kier alpha value is -3.19. The fraction of sp³-hybridized carbons (Fsp3) is 0.292. The maximum absolute atomic E-state index is 13.0. The van der Waals surface area contributed by atoms with Crippen LogP contribution in [0.4, 0.5) is 21.7 Å². The number of carbonyl (C=O) groups excluding carboxylic acids is 1. The summed E-state index contributed by atoms with van der Waals surface area (Å²) in [7, 11) is 0. The third-order valence-electron chi connectivity index (χ3n) is 5.60. The van der Waals surface area contributed by atoms with E-state index in [4.69, 9.17) is 4.98 Å². The van der Waals surface area contributed by atoms with Crippen LogP contribution in [0, 0.1) is 12.7 Å². The first-order valence-corrected chi connectivity index (χ1v) is 10.5. The van der Waals surface area contributed by atoms with Gasteiger partial charge < -0.3 is 15.5 Å². The second-order valence-electron chi connectivity index (χ2n) is 7.76. The average Bonchev–Trinajstić information content (AvgIpc) is 2.80. The quantitative estimate of drug-likeness (QED) is 0.552. The molecule has 4 rings (SSSR count). The van der Waals surface area contributed by atoms with Crippen molar-refractivity contribution in [1.29, 1.82) is 0 Å². The zero-order valence-electron chi connectivity index (χ0n) is 17.9. The van der Waals surface area contributed by atoms with Crippen LogP contribution in [0.1, 0.15) is 30.0 Å². The molecule has 1 saturated heterocycles. The lowest BCUT2D eigenvalue weighted by atomic mass is 9.93. The van der Waals surface area contributed by atoms with E-state index < -0.39 is 0 Å². The van der Waals surface area contributed by atoms with Crippen molar-refractivity contribution in [3.63, 3.8) is 0 Å². The number of nitrogens with zero attached hydrogens (tertiary/aromatic N) is 3. The highest BCUT2D eigenvalue weighted by Crippen LogP contribution is 2.28. The second kappa shape index (κ2) is 10.9. The van der Waals surface area contributed by atoms with Crippen molar-refractivity contribution in [3.8, 4) is 0 Å². The normalized spacial score (nSPS) is 13.9. The van der Waals surface area contributed by atoms with Gasteiger partial charge in [0.15, 0.2) is 0 Å². The number of pyridine rings is 2. The van der Waals surface area contributed by atoms with E-state index in [0.29, 0.717) is 24.1 Å². The summed E-state index contributed by atoms with van der Waals surface area (Å²) in [4.78, 5) is 23.3. The number of anilines is 3. The molecule has 0 aliphatic carbocycles. The maximum atomic E-state index is 13.0. The molecule has 0 bridgehead atoms. The Balaban J connectivity index is 0.00000289. The van der Waals surface area contributed by atoms with Gasteiger partial charge in [-0.2, -0.15) is 0 Å². The van der Waals surface area contributed by atoms with Crippen LogP contribution in [0.2, 0.25) is 0 Å². The van der Waals surface area contributed by atoms with Gasteiger partial charge in [0.05, 0.1) is 12.7 Å². The molecule has 0 atom stereocenters. The molecule has 1 aromatic carbocycles. The van der Waals surface area contributed by atoms with Crippen LogP contribution in [0.3, 0.4) is 0 Å². The van der Waals surface area contributed by atoms with Gasteiger partial charge in [0.25, 0.3) is 0 Å². The monoisotopic (exact) mass is 455 g/mol. The number of aromatic nitrogens is 2. The number of aryl methyl sites for hydroxylation is 1. The molecule has 0 spiro atoms. The SMILES string of the molecule is Cc1ccccc1NCC(=O)N1CCC(c2cccc(Nc3ccc(F)cn3)n2)CC1.Cl. The number of hydrogen-bond acceptors (Lipinski definition) is 5. The van der Waals surface area contributed by atoms with E-state index in [2.05, 4.69) is 15.6 Å². The first-order valence-electron chi connectivity index (χ1n) is 10.5. The number of likely N-dealkylation sites (tertiary alicyclic amines) is 1. The summed E-state index contributed by atoms with van der Waals surface area (Å²) < 4.78 is 13.0. The molecular weight excluding hydrogens is 429 g/mol. The molecule has 1 aliphatic heterocycles. The van der Waals surface area contributed by atoms with Gasteiger partial charge >= 0.3 is 0 Å². The van der Waals surface area contributed by atoms with Crippen LogP contribution in [0.25, 0.3) is 0 Å². The molecule has 32 heavy (non-hydrogen) atoms. The molecule has 2 N–H and O–H groups in total. The number of hydrogen-bond donors (Lipinski definition) is 2. The fourth-order valence-electron chi connectivity index (χ4n) is 3.81. The van der Waals surface area contributed by atoms with Crippen molar-refractivity contribution in [3.05, 3.63) is 77.9 Å². The van der Waals surface area contributed by atoms with Crippen LogP contribution in [-0.4, -0.2) is 40.4 Å². The summed E-state index contributed by atoms with van der Waals surface area (Å²) in [6, 6.07) is 16.8. The van der Waals surface area contributed by atoms with Crippen molar-refractivity contribution in [2.24, 2.45) is 0 Å². The number of carbonyl (C=O) groups is 1. The predicted octanol–water partition coefficient (Wildman–Crippen LogP) is 4.91. The van der Waals surface area contributed by atoms with E-state index >= 15 is 0 Å². The smallest absolute Gasteiger partial charge is 0.241 e. The number of piperidine rings is 1. The van der Waals surface area contributed by atoms with Crippen molar-refractivity contribution in [2.75, 3.05) is 30.3 Å². The van der Waals surface area contributed by atoms with E-state index in [1.54, 1.807) is 6.07 Å². The zero-order valence-corrected chi connectivity index (χ0v) is 18.7. The number of halogens is 2. The summed E-state index contributed by atoms with van der Waals surface area (Å²) in [5.74, 6) is 1.27. The lowest BCUT2D eigenvalue weighted by Gasteiger charge is -2.32. The third kappa shape index (κ3) is 5.95. The van der Waals surface area contributed by atoms with E-state index in [1.165, 1.54) is 12.3 Å². The van der Waals surface area contributed by atoms with Crippen LogP contribution < -0.4 is 10.6 Å². The average molecular weight is 456 g/mol. The molecule has 168 valence electrons. The summed E-state index contributed by atoms with van der Waals surface area (Å²) in [6.45, 7) is 3.77. The van der Waals surface area contributed by atoms with E-state index in [0.717, 1.165) is 42.9 Å². The molecule has 1 aliphatic rings. The molecule has 3 aromatic rings. The second-order valence-corrected chi connectivity index (χ2v) is 7.76. The molecule has 0 saturated carbocycles. The molecular formula is C24H27ClFN5O. The van der Waals surface area contributed by atoms with E-state index in [9.17, 15) is 9.18 Å². The minimum atomic E-state index is -0.373. The molecule has 2 aromatic heterocycles. The maximum Gasteiger partial charge on any atom is 0.241 e. The van der Waals surface area contributed by atoms with Gasteiger partial charge in [-0.05, 0) is 55.7 Å². The summed E-state index contributed by atoms with van der Waals surface area (Å²) >= 11 is 0. The Morgan fingerprint density at radius 3 is 2.56 bits per heavy atom. The van der Waals surface area contributed by atoms with Gasteiger partial charge in [0.1, 0.15) is 17.5 Å². The standard InChI is InChI=1S/C24H26FN5O.ClH/c1-17-5-2-3-6-20(17)26-16-24(31)30-13-11-18(12-14-30)21-7-4-8-23(28-21)29-22-10-9-19(25)15-27-22;/h2-10,15,18,26H,11-14,16H2,1H3,(H,27,28,29);1H. The van der Waals surface area contributed by atoms with Gasteiger partial charge in [-0.15, -0.1) is 12.4 Å². The minimum Gasteiger partial charge on any atom is -0.376 e. The fourth-order valence-corrected chi connectivity index (χ4v) is 3.81. The molecule has 6 nitrogen and oxygen atoms in total. The summed E-state index contributed by atoms with van der Waals surface area (Å²) in [5.41, 5.74) is 3.12. The van der Waals surface area contributed by atoms with Gasteiger partial charge in [-0.25, -0.2) is 14.4 Å². The molecule has 8 heteroatoms. The van der Waals surface area contributed by atoms with Crippen LogP contribution in [0.5, 0.6) is 0 Å². The van der Waals surface area contributed by atoms with E-state index in [1.807, 2.05) is 54.3 Å². The third-order valence-corrected chi connectivity index (χ3v) is 5.60. The number of rotatable bonds is 6. The first-order chi connectivity index (χ1) is 15.1. The number of benzene rings is 1. The van der Waals surface area contributed by atoms with Crippen molar-refractivity contribution < 1.29 is 9.18 Å². The molecule has 0 unspecified atom stereocenters. The zero-order chi connectivity index (χ0) is 21.6. The van der Waals surface area contributed by atoms with Crippen LogP contribution in [0.15, 0.2) is 60.8 Å². The largest absolute Gasteiger partial charge is 0.376 e. The van der Waals surface area contributed by atoms with Crippen LogP contribution >= 0.6 is 12.4 Å². The van der Waals surface area contributed by atoms with Gasteiger partial charge in [-0.3, -0.25) is 4.79 Å². The Morgan fingerprint density at radius 2 is 1.84 bits per heavy atom. The van der Waals surface area contributed by atoms with Crippen molar-refractivity contribution in [1.82, 2.24) is 14.9 Å². The Kier molecular flexibility index (Phi) is 8.00. The highest BCUT2D eigenvalue weighted by atomic mass is 35.5. The Bertz CT molecular complexity index is 1040. The van der Waals surface area contributed by atoms with Gasteiger partial charge in [-0.1, -0.05) is 24.3 Å². The predicted molar refractivity (Wildman–Crippen MR) is 127 cm³/mol. The highest BCUT2D eigenvalue weighted by molar-refractivity contribution is 5.85. The van der Waals surface area contributed by atoms with Crippen molar-refractivity contribution in [2.45, 2.75) is 25.7 Å². The number of amides is 1. The van der Waals surface area contributed by atoms with Crippen molar-refractivity contribution >= 4 is 35.6 Å². The van der Waals surface area contributed by atoms with Gasteiger partial charge in [0.2, 0.25) is 5.91 Å². The number of nitrogens with one attached hydrogen (secondary N) is 2. The minimum absolute atomic E-state index is 0. The van der Waals surface area contributed by atoms with E-state index in [-0.39, 0.29) is 24.1 Å². The first kappa shape index (κ1) is 23.5. The lowest BCUT2D eigenvalue weighted by molar-refractivity contribution is -0.130. The van der Waals surface area contributed by atoms with Crippen LogP contribution in [-0.2, 0) is 4.79 Å². The molecule has 1 fully saturated rings. The number of para-hydroxylation sites is 1. The summed E-state index contributed by atoms with van der Waals surface area (Å²) in [6.07, 6.45) is 2.93. The molecule has 0 radical (unpaired) electrons. The lowest BCUT2D eigenvalue weighted by Crippen LogP contribution is -2.41. The molecule has 3 heterocycles. The Labute approximate surface area is 193 Å². The highest BCUT2D eigenvalue weighted by Gasteiger charge is 2.24. The summed E-state index contributed by atoms with van der Waals surface area (Å²) in [5, 5.41) is 6.36. The Morgan fingerprint density at radius 1 is 1.06 bits per heavy atom. The van der Waals surface area contributed by atoms with Gasteiger partial charge in [0, 0.05) is 30.4 Å². The topological polar surface area (TPSA) is 70.2 Å². The molecule has 1 amide bonds.